The quantitative estimate of drug-likeness (QED) is 0.297. The predicted octanol–water partition coefficient (Wildman–Crippen LogP) is 4.42. The largest absolute Gasteiger partial charge is 0.507 e. The van der Waals surface area contributed by atoms with Crippen molar-refractivity contribution < 1.29 is 24.2 Å². The molecule has 0 radical (unpaired) electrons. The van der Waals surface area contributed by atoms with Crippen LogP contribution < -0.4 is 5.32 Å². The van der Waals surface area contributed by atoms with Crippen LogP contribution in [0, 0.1) is 13.8 Å². The number of aromatic hydroxyl groups is 1. The number of carbonyl (C=O) groups excluding carboxylic acids is 3. The number of methoxy groups -OCH3 is 1. The summed E-state index contributed by atoms with van der Waals surface area (Å²) in [5, 5.41) is 12.6. The van der Waals surface area contributed by atoms with Crippen molar-refractivity contribution in [3.8, 4) is 5.75 Å². The van der Waals surface area contributed by atoms with Crippen molar-refractivity contribution in [3.05, 3.63) is 106 Å². The van der Waals surface area contributed by atoms with Crippen LogP contribution in [-0.2, 0) is 16.0 Å². The Balaban J connectivity index is 1.68. The molecule has 3 aromatic carbocycles. The molecule has 0 bridgehead atoms. The average molecular weight is 458 g/mol. The van der Waals surface area contributed by atoms with E-state index in [1.54, 1.807) is 56.3 Å². The highest BCUT2D eigenvalue weighted by Crippen LogP contribution is 2.23. The molecule has 174 valence electrons. The summed E-state index contributed by atoms with van der Waals surface area (Å²) in [7, 11) is 1.28. The molecule has 1 amide bonds. The van der Waals surface area contributed by atoms with E-state index in [9.17, 15) is 19.5 Å². The molecule has 0 aromatic heterocycles. The maximum atomic E-state index is 12.7. The first-order valence-electron chi connectivity index (χ1n) is 10.8. The summed E-state index contributed by atoms with van der Waals surface area (Å²) in [6.45, 7) is 3.60. The Hall–Kier alpha value is -4.19. The van der Waals surface area contributed by atoms with Crippen LogP contribution in [-0.4, -0.2) is 35.9 Å². The van der Waals surface area contributed by atoms with Gasteiger partial charge in [-0.3, -0.25) is 9.59 Å². The van der Waals surface area contributed by atoms with E-state index in [1.165, 1.54) is 13.2 Å². The van der Waals surface area contributed by atoms with E-state index in [-0.39, 0.29) is 11.5 Å². The average Bonchev–Trinajstić information content (AvgIpc) is 2.85. The number of aryl methyl sites for hydroxylation is 2. The third kappa shape index (κ3) is 6.19. The zero-order valence-electron chi connectivity index (χ0n) is 19.4. The fraction of sp³-hybridized carbons (Fsp3) is 0.179. The van der Waals surface area contributed by atoms with E-state index in [0.717, 1.165) is 22.3 Å². The fourth-order valence-electron chi connectivity index (χ4n) is 3.57. The van der Waals surface area contributed by atoms with Crippen LogP contribution in [0.25, 0.3) is 6.08 Å². The van der Waals surface area contributed by atoms with Crippen LogP contribution in [0.3, 0.4) is 0 Å². The first-order chi connectivity index (χ1) is 16.3. The van der Waals surface area contributed by atoms with Crippen LogP contribution in [0.1, 0.15) is 43.0 Å². The number of phenols is 1. The van der Waals surface area contributed by atoms with Gasteiger partial charge in [0.15, 0.2) is 5.78 Å². The van der Waals surface area contributed by atoms with Crippen molar-refractivity contribution in [1.29, 1.82) is 0 Å². The highest BCUT2D eigenvalue weighted by Gasteiger charge is 2.22. The van der Waals surface area contributed by atoms with Crippen molar-refractivity contribution in [2.24, 2.45) is 0 Å². The molecule has 0 saturated carbocycles. The summed E-state index contributed by atoms with van der Waals surface area (Å²) in [4.78, 5) is 37.4. The second-order valence-corrected chi connectivity index (χ2v) is 8.02. The predicted molar refractivity (Wildman–Crippen MR) is 131 cm³/mol. The number of nitrogens with one attached hydrogen (secondary N) is 1. The van der Waals surface area contributed by atoms with Gasteiger partial charge < -0.3 is 15.2 Å². The van der Waals surface area contributed by atoms with Gasteiger partial charge in [0.1, 0.15) is 11.8 Å². The van der Waals surface area contributed by atoms with Crippen molar-refractivity contribution in [2.75, 3.05) is 7.11 Å². The minimum absolute atomic E-state index is 0.216. The number of benzene rings is 3. The molecule has 34 heavy (non-hydrogen) atoms. The zero-order valence-corrected chi connectivity index (χ0v) is 19.4. The smallest absolute Gasteiger partial charge is 0.328 e. The number of esters is 1. The first kappa shape index (κ1) is 24.5. The monoisotopic (exact) mass is 457 g/mol. The lowest BCUT2D eigenvalue weighted by Crippen LogP contribution is -2.43. The van der Waals surface area contributed by atoms with Gasteiger partial charge in [-0.15, -0.1) is 0 Å². The summed E-state index contributed by atoms with van der Waals surface area (Å²) in [5.41, 5.74) is 3.93. The Morgan fingerprint density at radius 3 is 2.12 bits per heavy atom. The van der Waals surface area contributed by atoms with Gasteiger partial charge in [-0.2, -0.15) is 0 Å². The summed E-state index contributed by atoms with van der Waals surface area (Å²) < 4.78 is 4.84. The van der Waals surface area contributed by atoms with E-state index in [2.05, 4.69) is 5.32 Å². The van der Waals surface area contributed by atoms with Crippen molar-refractivity contribution in [3.63, 3.8) is 0 Å². The molecular weight excluding hydrogens is 430 g/mol. The summed E-state index contributed by atoms with van der Waals surface area (Å²) in [5.74, 6) is -0.938. The lowest BCUT2D eigenvalue weighted by molar-refractivity contribution is -0.142. The van der Waals surface area contributed by atoms with Crippen LogP contribution in [0.5, 0.6) is 5.75 Å². The van der Waals surface area contributed by atoms with Crippen LogP contribution >= 0.6 is 0 Å². The molecule has 6 heteroatoms. The molecular formula is C28H27NO5. The molecule has 0 unspecified atom stereocenters. The number of hydrogen-bond acceptors (Lipinski definition) is 5. The molecule has 0 aliphatic heterocycles. The summed E-state index contributed by atoms with van der Waals surface area (Å²) in [6.07, 6.45) is 3.44. The molecule has 3 aromatic rings. The topological polar surface area (TPSA) is 92.7 Å². The Morgan fingerprint density at radius 1 is 0.941 bits per heavy atom. The summed E-state index contributed by atoms with van der Waals surface area (Å²) in [6, 6.07) is 18.3. The van der Waals surface area contributed by atoms with Crippen LogP contribution in [0.15, 0.2) is 72.8 Å². The number of ketones is 1. The van der Waals surface area contributed by atoms with E-state index in [4.69, 9.17) is 4.74 Å². The summed E-state index contributed by atoms with van der Waals surface area (Å²) >= 11 is 0. The number of carbonyl (C=O) groups is 3. The fourth-order valence-corrected chi connectivity index (χ4v) is 3.57. The van der Waals surface area contributed by atoms with E-state index in [1.807, 2.05) is 30.3 Å². The molecule has 6 nitrogen and oxygen atoms in total. The first-order valence-corrected chi connectivity index (χ1v) is 10.8. The van der Waals surface area contributed by atoms with Gasteiger partial charge in [0, 0.05) is 17.5 Å². The van der Waals surface area contributed by atoms with Crippen molar-refractivity contribution >= 4 is 23.7 Å². The van der Waals surface area contributed by atoms with Gasteiger partial charge in [-0.25, -0.2) is 4.79 Å². The van der Waals surface area contributed by atoms with Crippen molar-refractivity contribution in [2.45, 2.75) is 26.3 Å². The SMILES string of the molecule is COC(=O)[C@H](Cc1ccccc1)NC(=O)c1ccc(C(=O)C=Cc2cc(C)c(O)c(C)c2)cc1. The van der Waals surface area contributed by atoms with E-state index >= 15 is 0 Å². The number of phenolic OH excluding ortho intramolecular Hbond substituents is 1. The zero-order chi connectivity index (χ0) is 24.7. The molecule has 0 heterocycles. The maximum Gasteiger partial charge on any atom is 0.328 e. The standard InChI is InChI=1S/C28H27NO5/c1-18-15-21(16-19(2)26(18)31)9-14-25(30)22-10-12-23(13-11-22)27(32)29-24(28(33)34-3)17-20-7-5-4-6-8-20/h4-16,24,31H,17H2,1-3H3,(H,29,32)/t24-/m0/s1. The normalized spacial score (nSPS) is 11.7. The Labute approximate surface area is 198 Å². The number of amides is 1. The van der Waals surface area contributed by atoms with Gasteiger partial charge in [-0.05, 0) is 66.4 Å². The maximum absolute atomic E-state index is 12.7. The lowest BCUT2D eigenvalue weighted by Gasteiger charge is -2.16. The van der Waals surface area contributed by atoms with E-state index < -0.39 is 17.9 Å². The van der Waals surface area contributed by atoms with Crippen molar-refractivity contribution in [1.82, 2.24) is 5.32 Å². The van der Waals surface area contributed by atoms with Gasteiger partial charge in [0.05, 0.1) is 7.11 Å². The molecule has 0 saturated heterocycles. The minimum atomic E-state index is -0.832. The molecule has 0 fully saturated rings. The minimum Gasteiger partial charge on any atom is -0.507 e. The highest BCUT2D eigenvalue weighted by molar-refractivity contribution is 6.07. The Morgan fingerprint density at radius 2 is 1.53 bits per heavy atom. The molecule has 0 aliphatic rings. The second-order valence-electron chi connectivity index (χ2n) is 8.02. The lowest BCUT2D eigenvalue weighted by atomic mass is 10.0. The van der Waals surface area contributed by atoms with Gasteiger partial charge in [0.25, 0.3) is 5.91 Å². The number of hydrogen-bond donors (Lipinski definition) is 2. The van der Waals surface area contributed by atoms with Gasteiger partial charge in [-0.1, -0.05) is 48.5 Å². The number of allylic oxidation sites excluding steroid dienone is 1. The molecule has 1 atom stereocenters. The van der Waals surface area contributed by atoms with Gasteiger partial charge in [0.2, 0.25) is 0 Å². The highest BCUT2D eigenvalue weighted by atomic mass is 16.5. The molecule has 0 spiro atoms. The number of ether oxygens (including phenoxy) is 1. The third-order valence-corrected chi connectivity index (χ3v) is 5.45. The molecule has 3 rings (SSSR count). The molecule has 2 N–H and O–H groups in total. The van der Waals surface area contributed by atoms with E-state index in [0.29, 0.717) is 17.5 Å². The molecule has 0 aliphatic carbocycles. The van der Waals surface area contributed by atoms with Gasteiger partial charge >= 0.3 is 5.97 Å². The Bertz CT molecular complexity index is 1190. The number of rotatable bonds is 8. The third-order valence-electron chi connectivity index (χ3n) is 5.45. The second kappa shape index (κ2) is 11.1. The van der Waals surface area contributed by atoms with Crippen LogP contribution in [0.4, 0.5) is 0 Å². The van der Waals surface area contributed by atoms with Crippen LogP contribution in [0.2, 0.25) is 0 Å². The Kier molecular flexibility index (Phi) is 7.98.